The van der Waals surface area contributed by atoms with Crippen LogP contribution in [-0.4, -0.2) is 37.7 Å². The van der Waals surface area contributed by atoms with Crippen LogP contribution in [0.1, 0.15) is 18.4 Å². The van der Waals surface area contributed by atoms with Gasteiger partial charge >= 0.3 is 11.9 Å². The van der Waals surface area contributed by atoms with E-state index in [1.165, 1.54) is 0 Å². The molecule has 0 saturated carbocycles. The number of hydrogen-bond acceptors (Lipinski definition) is 6. The number of halogens is 3. The molecule has 1 unspecified atom stereocenters. The number of carbonyl (C=O) groups excluding carboxylic acids is 2. The van der Waals surface area contributed by atoms with Crippen molar-refractivity contribution in [2.75, 3.05) is 25.1 Å². The Labute approximate surface area is 191 Å². The number of esters is 2. The number of rotatable bonds is 8. The molecule has 9 heteroatoms. The third kappa shape index (κ3) is 7.06. The van der Waals surface area contributed by atoms with Gasteiger partial charge in [0.05, 0.1) is 22.2 Å². The van der Waals surface area contributed by atoms with Crippen molar-refractivity contribution in [2.24, 2.45) is 0 Å². The van der Waals surface area contributed by atoms with E-state index in [0.29, 0.717) is 33.6 Å². The van der Waals surface area contributed by atoms with Crippen LogP contribution in [0.5, 0.6) is 0 Å². The zero-order valence-electron chi connectivity index (χ0n) is 16.2. The van der Waals surface area contributed by atoms with E-state index in [2.05, 4.69) is 10.6 Å². The van der Waals surface area contributed by atoms with Gasteiger partial charge in [0.2, 0.25) is 0 Å². The molecule has 1 saturated heterocycles. The molecule has 1 fully saturated rings. The Morgan fingerprint density at radius 3 is 2.47 bits per heavy atom. The molecule has 6 nitrogen and oxygen atoms in total. The van der Waals surface area contributed by atoms with Gasteiger partial charge in [-0.2, -0.15) is 0 Å². The molecule has 0 aliphatic carbocycles. The minimum Gasteiger partial charge on any atom is -0.462 e. The Hall–Kier alpha value is -1.99. The maximum absolute atomic E-state index is 12.2. The molecule has 30 heavy (non-hydrogen) atoms. The molecule has 1 aliphatic rings. The number of ether oxygens (including phenoxy) is 2. The van der Waals surface area contributed by atoms with E-state index < -0.39 is 18.5 Å². The monoisotopic (exact) mass is 472 g/mol. The molecular weight excluding hydrogens is 451 g/mol. The smallest absolute Gasteiger partial charge is 0.344 e. The lowest BCUT2D eigenvalue weighted by Gasteiger charge is -2.14. The Morgan fingerprint density at radius 2 is 1.77 bits per heavy atom. The molecule has 0 radical (unpaired) electrons. The summed E-state index contributed by atoms with van der Waals surface area (Å²) in [6.07, 6.45) is 2.04. The van der Waals surface area contributed by atoms with Crippen molar-refractivity contribution >= 4 is 58.9 Å². The molecule has 2 N–H and O–H groups in total. The SMILES string of the molecule is Cl.O=C(COC(=O)Cc1ccccc1Nc1c(Cl)cccc1Cl)OCC1CCCN1. The third-order valence-corrected chi connectivity index (χ3v) is 5.16. The maximum atomic E-state index is 12.2. The van der Waals surface area contributed by atoms with Crippen LogP contribution in [0.3, 0.4) is 0 Å². The number of carbonyl (C=O) groups is 2. The van der Waals surface area contributed by atoms with E-state index in [9.17, 15) is 9.59 Å². The predicted octanol–water partition coefficient (Wildman–Crippen LogP) is 4.54. The fourth-order valence-corrected chi connectivity index (χ4v) is 3.52. The molecular formula is C21H23Cl3N2O4. The normalized spacial score (nSPS) is 15.2. The molecule has 2 aromatic rings. The van der Waals surface area contributed by atoms with Gasteiger partial charge in [0.25, 0.3) is 0 Å². The molecule has 2 aromatic carbocycles. The van der Waals surface area contributed by atoms with Crippen molar-refractivity contribution < 1.29 is 19.1 Å². The van der Waals surface area contributed by atoms with Gasteiger partial charge < -0.3 is 20.1 Å². The summed E-state index contributed by atoms with van der Waals surface area (Å²) in [6.45, 7) is 0.823. The molecule has 0 spiro atoms. The van der Waals surface area contributed by atoms with Crippen molar-refractivity contribution in [3.05, 3.63) is 58.1 Å². The number of nitrogens with one attached hydrogen (secondary N) is 2. The van der Waals surface area contributed by atoms with E-state index in [-0.39, 0.29) is 24.9 Å². The van der Waals surface area contributed by atoms with Crippen LogP contribution in [-0.2, 0) is 25.5 Å². The number of para-hydroxylation sites is 2. The molecule has 3 rings (SSSR count). The van der Waals surface area contributed by atoms with Gasteiger partial charge in [0, 0.05) is 11.7 Å². The maximum Gasteiger partial charge on any atom is 0.344 e. The van der Waals surface area contributed by atoms with Crippen molar-refractivity contribution in [3.8, 4) is 0 Å². The summed E-state index contributed by atoms with van der Waals surface area (Å²) < 4.78 is 10.2. The zero-order chi connectivity index (χ0) is 20.6. The van der Waals surface area contributed by atoms with Gasteiger partial charge in [0.1, 0.15) is 6.61 Å². The zero-order valence-corrected chi connectivity index (χ0v) is 18.5. The van der Waals surface area contributed by atoms with Crippen molar-refractivity contribution in [3.63, 3.8) is 0 Å². The first kappa shape index (κ1) is 24.3. The Kier molecular flexibility index (Phi) is 9.72. The fourth-order valence-electron chi connectivity index (χ4n) is 3.03. The Balaban J connectivity index is 0.00000320. The molecule has 162 valence electrons. The van der Waals surface area contributed by atoms with Crippen molar-refractivity contribution in [1.29, 1.82) is 0 Å². The van der Waals surface area contributed by atoms with Gasteiger partial charge in [-0.1, -0.05) is 47.5 Å². The first-order chi connectivity index (χ1) is 14.0. The second kappa shape index (κ2) is 12.0. The van der Waals surface area contributed by atoms with Crippen LogP contribution in [0, 0.1) is 0 Å². The molecule has 1 aliphatic heterocycles. The second-order valence-corrected chi connectivity index (χ2v) is 7.51. The molecule has 1 atom stereocenters. The highest BCUT2D eigenvalue weighted by atomic mass is 35.5. The first-order valence-electron chi connectivity index (χ1n) is 9.36. The lowest BCUT2D eigenvalue weighted by molar-refractivity contribution is -0.158. The first-order valence-corrected chi connectivity index (χ1v) is 10.1. The average Bonchev–Trinajstić information content (AvgIpc) is 3.22. The topological polar surface area (TPSA) is 76.7 Å². The summed E-state index contributed by atoms with van der Waals surface area (Å²) in [7, 11) is 0. The highest BCUT2D eigenvalue weighted by Crippen LogP contribution is 2.33. The lowest BCUT2D eigenvalue weighted by atomic mass is 10.1. The van der Waals surface area contributed by atoms with E-state index in [0.717, 1.165) is 19.4 Å². The predicted molar refractivity (Wildman–Crippen MR) is 120 cm³/mol. The summed E-state index contributed by atoms with van der Waals surface area (Å²) in [6, 6.07) is 12.6. The highest BCUT2D eigenvalue weighted by molar-refractivity contribution is 6.39. The number of hydrogen-bond donors (Lipinski definition) is 2. The van der Waals surface area contributed by atoms with Crippen LogP contribution < -0.4 is 10.6 Å². The third-order valence-electron chi connectivity index (χ3n) is 4.53. The highest BCUT2D eigenvalue weighted by Gasteiger charge is 2.17. The molecule has 0 aromatic heterocycles. The standard InChI is InChI=1S/C21H22Cl2N2O4.ClH/c22-16-7-3-8-17(23)21(16)25-18-9-2-1-5-14(18)11-19(26)29-13-20(27)28-12-15-6-4-10-24-15;/h1-3,5,7-9,15,24-25H,4,6,10-13H2;1H. The van der Waals surface area contributed by atoms with Crippen LogP contribution in [0.4, 0.5) is 11.4 Å². The molecule has 0 bridgehead atoms. The van der Waals surface area contributed by atoms with Gasteiger partial charge in [-0.3, -0.25) is 4.79 Å². The van der Waals surface area contributed by atoms with Crippen LogP contribution in [0.25, 0.3) is 0 Å². The van der Waals surface area contributed by atoms with Crippen LogP contribution in [0.2, 0.25) is 10.0 Å². The summed E-state index contributed by atoms with van der Waals surface area (Å²) >= 11 is 12.4. The summed E-state index contributed by atoms with van der Waals surface area (Å²) in [5, 5.41) is 7.33. The minimum atomic E-state index is -0.554. The molecule has 0 amide bonds. The summed E-state index contributed by atoms with van der Waals surface area (Å²) in [5.74, 6) is -1.08. The quantitative estimate of drug-likeness (QED) is 0.548. The van der Waals surface area contributed by atoms with Crippen molar-refractivity contribution in [2.45, 2.75) is 25.3 Å². The number of benzene rings is 2. The fraction of sp³-hybridized carbons (Fsp3) is 0.333. The van der Waals surface area contributed by atoms with E-state index in [1.807, 2.05) is 18.2 Å². The lowest BCUT2D eigenvalue weighted by Crippen LogP contribution is -2.29. The van der Waals surface area contributed by atoms with E-state index in [1.54, 1.807) is 24.3 Å². The van der Waals surface area contributed by atoms with E-state index >= 15 is 0 Å². The Bertz CT molecular complexity index is 853. The van der Waals surface area contributed by atoms with Crippen LogP contribution >= 0.6 is 35.6 Å². The van der Waals surface area contributed by atoms with E-state index in [4.69, 9.17) is 32.7 Å². The molecule has 1 heterocycles. The Morgan fingerprint density at radius 1 is 1.03 bits per heavy atom. The van der Waals surface area contributed by atoms with Crippen molar-refractivity contribution in [1.82, 2.24) is 5.32 Å². The second-order valence-electron chi connectivity index (χ2n) is 6.69. The number of anilines is 2. The largest absolute Gasteiger partial charge is 0.462 e. The summed E-state index contributed by atoms with van der Waals surface area (Å²) in [4.78, 5) is 24.0. The van der Waals surface area contributed by atoms with Gasteiger partial charge in [-0.25, -0.2) is 4.79 Å². The van der Waals surface area contributed by atoms with Gasteiger partial charge in [-0.15, -0.1) is 12.4 Å². The average molecular weight is 474 g/mol. The van der Waals surface area contributed by atoms with Gasteiger partial charge in [-0.05, 0) is 43.1 Å². The minimum absolute atomic E-state index is 0. The summed E-state index contributed by atoms with van der Waals surface area (Å²) in [5.41, 5.74) is 1.92. The van der Waals surface area contributed by atoms with Crippen LogP contribution in [0.15, 0.2) is 42.5 Å². The van der Waals surface area contributed by atoms with Gasteiger partial charge in [0.15, 0.2) is 6.61 Å².